The van der Waals surface area contributed by atoms with Gasteiger partial charge in [0.1, 0.15) is 0 Å². The zero-order chi connectivity index (χ0) is 11.8. The van der Waals surface area contributed by atoms with Gasteiger partial charge in [0.25, 0.3) is 0 Å². The number of carbonyl (C=O) groups excluding carboxylic acids is 1. The molecule has 0 atom stereocenters. The van der Waals surface area contributed by atoms with Crippen molar-refractivity contribution < 1.29 is 9.90 Å². The lowest BCUT2D eigenvalue weighted by Crippen LogP contribution is -2.23. The molecule has 0 rings (SSSR count). The molecule has 0 saturated carbocycles. The smallest absolute Gasteiger partial charge is 0.219 e. The summed E-state index contributed by atoms with van der Waals surface area (Å²) in [5, 5.41) is 13.7. The summed E-state index contributed by atoms with van der Waals surface area (Å²) >= 11 is 0. The SMILES string of the molecule is CC.CCC(=O)NCCCO.CNC. The zero-order valence-corrected chi connectivity index (χ0v) is 10.2. The molecule has 4 nitrogen and oxygen atoms in total. The summed E-state index contributed by atoms with van der Waals surface area (Å²) in [5.74, 6) is 0.0449. The molecule has 3 N–H and O–H groups in total. The lowest BCUT2D eigenvalue weighted by Gasteiger charge is -1.98. The van der Waals surface area contributed by atoms with Crippen molar-refractivity contribution in [1.82, 2.24) is 10.6 Å². The fraction of sp³-hybridized carbons (Fsp3) is 0.900. The van der Waals surface area contributed by atoms with Crippen molar-refractivity contribution in [3.8, 4) is 0 Å². The molecule has 0 aliphatic heterocycles. The Morgan fingerprint density at radius 1 is 1.29 bits per heavy atom. The average molecular weight is 206 g/mol. The van der Waals surface area contributed by atoms with Crippen molar-refractivity contribution >= 4 is 5.91 Å². The van der Waals surface area contributed by atoms with Crippen LogP contribution in [0.15, 0.2) is 0 Å². The number of amides is 1. The Morgan fingerprint density at radius 3 is 2.00 bits per heavy atom. The number of aliphatic hydroxyl groups is 1. The second-order valence-corrected chi connectivity index (χ2v) is 2.28. The predicted molar refractivity (Wildman–Crippen MR) is 61.3 cm³/mol. The van der Waals surface area contributed by atoms with Crippen LogP contribution in [0.4, 0.5) is 0 Å². The molecule has 0 radical (unpaired) electrons. The van der Waals surface area contributed by atoms with Crippen molar-refractivity contribution in [2.45, 2.75) is 33.6 Å². The maximum Gasteiger partial charge on any atom is 0.219 e. The second kappa shape index (κ2) is 22.8. The fourth-order valence-electron chi connectivity index (χ4n) is 0.432. The first-order chi connectivity index (χ1) is 6.72. The standard InChI is InChI=1S/C6H13NO2.C2H7N.C2H6/c1-2-6(9)7-4-3-5-8;1-3-2;1-2/h8H,2-5H2,1H3,(H,7,9);3H,1-2H3;1-2H3. The van der Waals surface area contributed by atoms with E-state index in [2.05, 4.69) is 10.6 Å². The number of nitrogens with one attached hydrogen (secondary N) is 2. The summed E-state index contributed by atoms with van der Waals surface area (Å²) in [6.45, 7) is 6.53. The Morgan fingerprint density at radius 2 is 1.71 bits per heavy atom. The van der Waals surface area contributed by atoms with Crippen LogP contribution in [0.5, 0.6) is 0 Å². The molecule has 0 heterocycles. The van der Waals surface area contributed by atoms with Crippen molar-refractivity contribution in [2.75, 3.05) is 27.2 Å². The quantitative estimate of drug-likeness (QED) is 0.595. The van der Waals surface area contributed by atoms with E-state index in [1.54, 1.807) is 6.92 Å². The van der Waals surface area contributed by atoms with Crippen LogP contribution >= 0.6 is 0 Å². The lowest BCUT2D eigenvalue weighted by atomic mass is 10.4. The minimum atomic E-state index is 0.0449. The summed E-state index contributed by atoms with van der Waals surface area (Å²) in [6, 6.07) is 0. The van der Waals surface area contributed by atoms with Crippen LogP contribution in [0, 0.1) is 0 Å². The van der Waals surface area contributed by atoms with Gasteiger partial charge < -0.3 is 15.7 Å². The maximum absolute atomic E-state index is 10.5. The lowest BCUT2D eigenvalue weighted by molar-refractivity contribution is -0.120. The zero-order valence-electron chi connectivity index (χ0n) is 10.2. The van der Waals surface area contributed by atoms with Gasteiger partial charge in [0.15, 0.2) is 0 Å². The van der Waals surface area contributed by atoms with Gasteiger partial charge in [-0.05, 0) is 20.5 Å². The first-order valence-corrected chi connectivity index (χ1v) is 5.18. The topological polar surface area (TPSA) is 61.4 Å². The van der Waals surface area contributed by atoms with Gasteiger partial charge in [0, 0.05) is 19.6 Å². The molecule has 0 fully saturated rings. The highest BCUT2D eigenvalue weighted by Crippen LogP contribution is 1.76. The van der Waals surface area contributed by atoms with Crippen LogP contribution in [-0.2, 0) is 4.79 Å². The molecular weight excluding hydrogens is 180 g/mol. The largest absolute Gasteiger partial charge is 0.396 e. The van der Waals surface area contributed by atoms with E-state index in [0.717, 1.165) is 0 Å². The molecule has 0 aliphatic rings. The second-order valence-electron chi connectivity index (χ2n) is 2.28. The monoisotopic (exact) mass is 206 g/mol. The van der Waals surface area contributed by atoms with E-state index in [-0.39, 0.29) is 12.5 Å². The van der Waals surface area contributed by atoms with Crippen LogP contribution in [0.3, 0.4) is 0 Å². The van der Waals surface area contributed by atoms with Gasteiger partial charge in [-0.2, -0.15) is 0 Å². The summed E-state index contributed by atoms with van der Waals surface area (Å²) in [4.78, 5) is 10.5. The number of hydrogen-bond donors (Lipinski definition) is 3. The van der Waals surface area contributed by atoms with Gasteiger partial charge in [0.05, 0.1) is 0 Å². The molecule has 0 spiro atoms. The number of aliphatic hydroxyl groups excluding tert-OH is 1. The Balaban J connectivity index is -0.000000205. The van der Waals surface area contributed by atoms with Crippen LogP contribution < -0.4 is 10.6 Å². The molecular formula is C10H26N2O2. The third-order valence-electron chi connectivity index (χ3n) is 0.978. The highest BCUT2D eigenvalue weighted by atomic mass is 16.3. The van der Waals surface area contributed by atoms with E-state index in [0.29, 0.717) is 19.4 Å². The van der Waals surface area contributed by atoms with Crippen molar-refractivity contribution in [3.63, 3.8) is 0 Å². The van der Waals surface area contributed by atoms with Gasteiger partial charge in [-0.3, -0.25) is 4.79 Å². The first kappa shape index (κ1) is 19.0. The average Bonchev–Trinajstić information content (AvgIpc) is 2.22. The molecule has 14 heavy (non-hydrogen) atoms. The van der Waals surface area contributed by atoms with E-state index >= 15 is 0 Å². The van der Waals surface area contributed by atoms with E-state index < -0.39 is 0 Å². The molecule has 1 amide bonds. The van der Waals surface area contributed by atoms with Crippen LogP contribution in [0.2, 0.25) is 0 Å². The Kier molecular flexibility index (Phi) is 31.1. The number of rotatable bonds is 4. The first-order valence-electron chi connectivity index (χ1n) is 5.18. The Bertz CT molecular complexity index is 98.1. The van der Waals surface area contributed by atoms with Gasteiger partial charge >= 0.3 is 0 Å². The van der Waals surface area contributed by atoms with Crippen LogP contribution in [0.25, 0.3) is 0 Å². The van der Waals surface area contributed by atoms with Crippen LogP contribution in [0.1, 0.15) is 33.6 Å². The van der Waals surface area contributed by atoms with Crippen molar-refractivity contribution in [2.24, 2.45) is 0 Å². The molecule has 0 aromatic heterocycles. The Hall–Kier alpha value is -0.610. The summed E-state index contributed by atoms with van der Waals surface area (Å²) in [7, 11) is 3.75. The fourth-order valence-corrected chi connectivity index (χ4v) is 0.432. The molecule has 0 bridgehead atoms. The highest BCUT2D eigenvalue weighted by Gasteiger charge is 1.92. The number of hydrogen-bond acceptors (Lipinski definition) is 3. The summed E-state index contributed by atoms with van der Waals surface area (Å²) in [5.41, 5.74) is 0. The van der Waals surface area contributed by atoms with Crippen LogP contribution in [-0.4, -0.2) is 38.3 Å². The summed E-state index contributed by atoms with van der Waals surface area (Å²) in [6.07, 6.45) is 1.16. The molecule has 0 aromatic rings. The maximum atomic E-state index is 10.5. The minimum absolute atomic E-state index is 0.0449. The van der Waals surface area contributed by atoms with Gasteiger partial charge in [-0.15, -0.1) is 0 Å². The van der Waals surface area contributed by atoms with Gasteiger partial charge in [0.2, 0.25) is 5.91 Å². The summed E-state index contributed by atoms with van der Waals surface area (Å²) < 4.78 is 0. The molecule has 0 unspecified atom stereocenters. The van der Waals surface area contributed by atoms with E-state index in [1.807, 2.05) is 27.9 Å². The molecule has 88 valence electrons. The van der Waals surface area contributed by atoms with Crippen molar-refractivity contribution in [1.29, 1.82) is 0 Å². The van der Waals surface area contributed by atoms with E-state index in [4.69, 9.17) is 5.11 Å². The number of carbonyl (C=O) groups is 1. The van der Waals surface area contributed by atoms with Crippen molar-refractivity contribution in [3.05, 3.63) is 0 Å². The third-order valence-corrected chi connectivity index (χ3v) is 0.978. The van der Waals surface area contributed by atoms with Gasteiger partial charge in [-0.25, -0.2) is 0 Å². The molecule has 0 aliphatic carbocycles. The highest BCUT2D eigenvalue weighted by molar-refractivity contribution is 5.75. The molecule has 4 heteroatoms. The normalized spacial score (nSPS) is 7.57. The van der Waals surface area contributed by atoms with E-state index in [1.165, 1.54) is 0 Å². The molecule has 0 aromatic carbocycles. The molecule has 0 saturated heterocycles. The third kappa shape index (κ3) is 30.1. The minimum Gasteiger partial charge on any atom is -0.396 e. The Labute approximate surface area is 88.1 Å². The van der Waals surface area contributed by atoms with Gasteiger partial charge in [-0.1, -0.05) is 20.8 Å². The predicted octanol–water partition coefficient (Wildman–Crippen LogP) is 0.757. The van der Waals surface area contributed by atoms with E-state index in [9.17, 15) is 4.79 Å².